The fraction of sp³-hybridized carbons (Fsp3) is 0.136. The molecule has 0 N–H and O–H groups in total. The van der Waals surface area contributed by atoms with Crippen LogP contribution in [0.1, 0.15) is 21.9 Å². The number of halogens is 1. The van der Waals surface area contributed by atoms with Crippen LogP contribution in [0.15, 0.2) is 68.3 Å². The number of esters is 1. The second-order valence-corrected chi connectivity index (χ2v) is 7.85. The SMILES string of the molecule is Cc1cc(=O)c(C(=O)OCCc2cc3cc(Br)ccc3o2)nn1-c1ccccc1[N+](=O)[O-]. The zero-order valence-corrected chi connectivity index (χ0v) is 18.4. The quantitative estimate of drug-likeness (QED) is 0.220. The number of aryl methyl sites for hydroxylation is 1. The van der Waals surface area contributed by atoms with E-state index < -0.39 is 22.0 Å². The summed E-state index contributed by atoms with van der Waals surface area (Å²) in [5.74, 6) is -0.290. The first-order chi connectivity index (χ1) is 15.3. The van der Waals surface area contributed by atoms with Gasteiger partial charge in [-0.15, -0.1) is 0 Å². The molecule has 2 heterocycles. The topological polar surface area (TPSA) is 117 Å². The average Bonchev–Trinajstić information content (AvgIpc) is 3.15. The number of aromatic nitrogens is 2. The van der Waals surface area contributed by atoms with Crippen LogP contribution in [0.2, 0.25) is 0 Å². The number of hydrogen-bond acceptors (Lipinski definition) is 7. The van der Waals surface area contributed by atoms with Crippen LogP contribution in [0.4, 0.5) is 5.69 Å². The van der Waals surface area contributed by atoms with Crippen LogP contribution in [0.5, 0.6) is 0 Å². The van der Waals surface area contributed by atoms with Crippen molar-refractivity contribution in [3.63, 3.8) is 0 Å². The minimum absolute atomic E-state index is 0.0275. The average molecular weight is 498 g/mol. The Morgan fingerprint density at radius 3 is 2.78 bits per heavy atom. The first-order valence-corrected chi connectivity index (χ1v) is 10.3. The van der Waals surface area contributed by atoms with E-state index in [2.05, 4.69) is 21.0 Å². The monoisotopic (exact) mass is 497 g/mol. The molecule has 0 saturated heterocycles. The molecule has 0 amide bonds. The molecule has 0 radical (unpaired) electrons. The molecule has 0 aliphatic carbocycles. The molecule has 162 valence electrons. The summed E-state index contributed by atoms with van der Waals surface area (Å²) < 4.78 is 13.0. The Kier molecular flexibility index (Phi) is 5.87. The number of carbonyl (C=O) groups is 1. The maximum absolute atomic E-state index is 12.5. The van der Waals surface area contributed by atoms with E-state index in [0.29, 0.717) is 23.5 Å². The largest absolute Gasteiger partial charge is 0.461 e. The smallest absolute Gasteiger partial charge is 0.362 e. The lowest BCUT2D eigenvalue weighted by Gasteiger charge is -2.11. The van der Waals surface area contributed by atoms with Crippen molar-refractivity contribution in [2.24, 2.45) is 0 Å². The zero-order valence-electron chi connectivity index (χ0n) is 16.8. The third-order valence-corrected chi connectivity index (χ3v) is 5.21. The van der Waals surface area contributed by atoms with Crippen molar-refractivity contribution >= 4 is 38.6 Å². The summed E-state index contributed by atoms with van der Waals surface area (Å²) in [6.07, 6.45) is 0.308. The number of nitro groups is 1. The van der Waals surface area contributed by atoms with Gasteiger partial charge in [0.2, 0.25) is 11.1 Å². The lowest BCUT2D eigenvalue weighted by atomic mass is 10.2. The number of para-hydroxylation sites is 2. The van der Waals surface area contributed by atoms with E-state index >= 15 is 0 Å². The molecule has 2 aromatic carbocycles. The normalized spacial score (nSPS) is 10.9. The summed E-state index contributed by atoms with van der Waals surface area (Å²) in [5, 5.41) is 16.3. The molecule has 0 aliphatic rings. The van der Waals surface area contributed by atoms with E-state index in [-0.39, 0.29) is 18.0 Å². The Bertz CT molecular complexity index is 1410. The number of nitrogens with zero attached hydrogens (tertiary/aromatic N) is 3. The molecule has 0 aliphatic heterocycles. The first kappa shape index (κ1) is 21.4. The number of nitro benzene ring substituents is 1. The third-order valence-electron chi connectivity index (χ3n) is 4.72. The summed E-state index contributed by atoms with van der Waals surface area (Å²) in [6.45, 7) is 1.54. The zero-order chi connectivity index (χ0) is 22.8. The summed E-state index contributed by atoms with van der Waals surface area (Å²) in [6, 6.07) is 14.6. The van der Waals surface area contributed by atoms with E-state index in [1.165, 1.54) is 28.9 Å². The van der Waals surface area contributed by atoms with Crippen molar-refractivity contribution in [1.29, 1.82) is 0 Å². The highest BCUT2D eigenvalue weighted by Gasteiger charge is 2.21. The van der Waals surface area contributed by atoms with Crippen LogP contribution in [0.25, 0.3) is 16.7 Å². The van der Waals surface area contributed by atoms with Crippen LogP contribution in [-0.2, 0) is 11.2 Å². The molecule has 0 saturated carbocycles. The van der Waals surface area contributed by atoms with Crippen LogP contribution in [0, 0.1) is 17.0 Å². The van der Waals surface area contributed by atoms with Gasteiger partial charge in [0.25, 0.3) is 5.69 Å². The van der Waals surface area contributed by atoms with Gasteiger partial charge in [0.1, 0.15) is 17.0 Å². The van der Waals surface area contributed by atoms with E-state index in [1.54, 1.807) is 13.0 Å². The minimum Gasteiger partial charge on any atom is -0.461 e. The second-order valence-electron chi connectivity index (χ2n) is 6.94. The fourth-order valence-electron chi connectivity index (χ4n) is 3.24. The van der Waals surface area contributed by atoms with E-state index in [1.807, 2.05) is 24.3 Å². The molecule has 4 rings (SSSR count). The van der Waals surface area contributed by atoms with Crippen molar-refractivity contribution in [2.75, 3.05) is 6.61 Å². The minimum atomic E-state index is -0.916. The Morgan fingerprint density at radius 2 is 2.00 bits per heavy atom. The first-order valence-electron chi connectivity index (χ1n) is 9.53. The van der Waals surface area contributed by atoms with Crippen molar-refractivity contribution in [3.05, 3.63) is 96.6 Å². The Labute approximate surface area is 189 Å². The van der Waals surface area contributed by atoms with Gasteiger partial charge in [-0.1, -0.05) is 28.1 Å². The number of benzene rings is 2. The molecule has 0 spiro atoms. The summed E-state index contributed by atoms with van der Waals surface area (Å²) in [4.78, 5) is 35.6. The summed E-state index contributed by atoms with van der Waals surface area (Å²) in [5.41, 5.74) is -0.102. The van der Waals surface area contributed by atoms with Gasteiger partial charge in [-0.25, -0.2) is 9.48 Å². The third kappa shape index (κ3) is 4.30. The number of ether oxygens (including phenoxy) is 1. The van der Waals surface area contributed by atoms with Gasteiger partial charge < -0.3 is 9.15 Å². The highest BCUT2D eigenvalue weighted by Crippen LogP contribution is 2.24. The van der Waals surface area contributed by atoms with E-state index in [9.17, 15) is 19.7 Å². The molecular formula is C22H16BrN3O6. The van der Waals surface area contributed by atoms with Gasteiger partial charge >= 0.3 is 5.97 Å². The molecule has 0 fully saturated rings. The van der Waals surface area contributed by atoms with E-state index in [4.69, 9.17) is 9.15 Å². The predicted octanol–water partition coefficient (Wildman–Crippen LogP) is 4.36. The maximum atomic E-state index is 12.5. The second kappa shape index (κ2) is 8.75. The van der Waals surface area contributed by atoms with Crippen LogP contribution in [0.3, 0.4) is 0 Å². The molecule has 0 unspecified atom stereocenters. The summed E-state index contributed by atoms with van der Waals surface area (Å²) >= 11 is 3.40. The van der Waals surface area contributed by atoms with Gasteiger partial charge in [0.05, 0.1) is 11.5 Å². The Balaban J connectivity index is 1.54. The van der Waals surface area contributed by atoms with Gasteiger partial charge in [-0.2, -0.15) is 5.10 Å². The molecule has 10 heteroatoms. The van der Waals surface area contributed by atoms with E-state index in [0.717, 1.165) is 9.86 Å². The van der Waals surface area contributed by atoms with Crippen LogP contribution >= 0.6 is 15.9 Å². The van der Waals surface area contributed by atoms with Crippen molar-refractivity contribution in [3.8, 4) is 5.69 Å². The van der Waals surface area contributed by atoms with Crippen molar-refractivity contribution in [2.45, 2.75) is 13.3 Å². The Morgan fingerprint density at radius 1 is 1.22 bits per heavy atom. The number of carbonyl (C=O) groups excluding carboxylic acids is 1. The van der Waals surface area contributed by atoms with Gasteiger partial charge in [-0.3, -0.25) is 14.9 Å². The lowest BCUT2D eigenvalue weighted by Crippen LogP contribution is -2.25. The lowest BCUT2D eigenvalue weighted by molar-refractivity contribution is -0.384. The van der Waals surface area contributed by atoms with Crippen molar-refractivity contribution < 1.29 is 18.9 Å². The van der Waals surface area contributed by atoms with Crippen LogP contribution < -0.4 is 5.43 Å². The molecular weight excluding hydrogens is 482 g/mol. The van der Waals surface area contributed by atoms with Gasteiger partial charge in [0, 0.05) is 34.1 Å². The van der Waals surface area contributed by atoms with Crippen LogP contribution in [-0.4, -0.2) is 27.3 Å². The number of furan rings is 1. The highest BCUT2D eigenvalue weighted by molar-refractivity contribution is 9.10. The maximum Gasteiger partial charge on any atom is 0.362 e. The van der Waals surface area contributed by atoms with Crippen molar-refractivity contribution in [1.82, 2.24) is 9.78 Å². The molecule has 0 atom stereocenters. The summed E-state index contributed by atoms with van der Waals surface area (Å²) in [7, 11) is 0. The number of rotatable bonds is 6. The fourth-order valence-corrected chi connectivity index (χ4v) is 3.61. The van der Waals surface area contributed by atoms with Gasteiger partial charge in [0.15, 0.2) is 0 Å². The predicted molar refractivity (Wildman–Crippen MR) is 119 cm³/mol. The standard InChI is InChI=1S/C22H16BrN3O6/c1-13-10-19(27)21(24-25(13)17-4-2-3-5-18(17)26(29)30)22(28)31-9-8-16-12-14-11-15(23)6-7-20(14)32-16/h2-7,10-12H,8-9H2,1H3. The Hall–Kier alpha value is -3.79. The number of fused-ring (bicyclic) bond motifs is 1. The molecule has 4 aromatic rings. The molecule has 32 heavy (non-hydrogen) atoms. The highest BCUT2D eigenvalue weighted by atomic mass is 79.9. The van der Waals surface area contributed by atoms with Gasteiger partial charge in [-0.05, 0) is 37.3 Å². The molecule has 0 bridgehead atoms. The molecule has 2 aromatic heterocycles. The molecule has 9 nitrogen and oxygen atoms in total. The number of hydrogen-bond donors (Lipinski definition) is 0.